The molecule has 1 saturated carbocycles. The summed E-state index contributed by atoms with van der Waals surface area (Å²) in [5, 5.41) is 0. The van der Waals surface area contributed by atoms with Gasteiger partial charge in [0.1, 0.15) is 0 Å². The number of hydrogen-bond acceptors (Lipinski definition) is 3. The molecule has 0 aromatic heterocycles. The average molecular weight is 212 g/mol. The van der Waals surface area contributed by atoms with Crippen LogP contribution >= 0.6 is 0 Å². The largest absolute Gasteiger partial charge is 0.379 e. The summed E-state index contributed by atoms with van der Waals surface area (Å²) in [6, 6.07) is 0. The lowest BCUT2D eigenvalue weighted by Gasteiger charge is -2.46. The standard InChI is InChI=1S/C12H24N2O/c1-2-11-4-3-5-12(11,10-13)14-6-8-15-9-7-14/h11H,2-10,13H2,1H3. The summed E-state index contributed by atoms with van der Waals surface area (Å²) in [5.41, 5.74) is 6.39. The van der Waals surface area contributed by atoms with E-state index in [1.807, 2.05) is 0 Å². The van der Waals surface area contributed by atoms with Crippen LogP contribution in [0.25, 0.3) is 0 Å². The van der Waals surface area contributed by atoms with Gasteiger partial charge in [-0.25, -0.2) is 0 Å². The Kier molecular flexibility index (Phi) is 3.65. The van der Waals surface area contributed by atoms with E-state index in [4.69, 9.17) is 10.5 Å². The van der Waals surface area contributed by atoms with Crippen LogP contribution in [0.15, 0.2) is 0 Å². The van der Waals surface area contributed by atoms with Crippen molar-refractivity contribution in [1.29, 1.82) is 0 Å². The quantitative estimate of drug-likeness (QED) is 0.764. The van der Waals surface area contributed by atoms with Crippen molar-refractivity contribution < 1.29 is 4.74 Å². The zero-order valence-corrected chi connectivity index (χ0v) is 9.87. The highest BCUT2D eigenvalue weighted by Crippen LogP contribution is 2.41. The Morgan fingerprint density at radius 1 is 1.40 bits per heavy atom. The molecule has 0 radical (unpaired) electrons. The molecule has 2 atom stereocenters. The Balaban J connectivity index is 2.11. The Morgan fingerprint density at radius 3 is 2.73 bits per heavy atom. The summed E-state index contributed by atoms with van der Waals surface area (Å²) in [4.78, 5) is 2.61. The van der Waals surface area contributed by atoms with Crippen LogP contribution in [-0.4, -0.2) is 43.3 Å². The van der Waals surface area contributed by atoms with Gasteiger partial charge in [-0.3, -0.25) is 4.90 Å². The second kappa shape index (κ2) is 4.81. The Hall–Kier alpha value is -0.120. The van der Waals surface area contributed by atoms with E-state index in [1.54, 1.807) is 0 Å². The molecule has 0 amide bonds. The molecule has 0 spiro atoms. The predicted molar refractivity (Wildman–Crippen MR) is 61.8 cm³/mol. The van der Waals surface area contributed by atoms with E-state index < -0.39 is 0 Å². The van der Waals surface area contributed by atoms with Gasteiger partial charge in [0.05, 0.1) is 13.2 Å². The number of morpholine rings is 1. The lowest BCUT2D eigenvalue weighted by molar-refractivity contribution is -0.0351. The molecule has 3 heteroatoms. The maximum atomic E-state index is 6.08. The van der Waals surface area contributed by atoms with E-state index >= 15 is 0 Å². The predicted octanol–water partition coefficient (Wildman–Crippen LogP) is 1.23. The third kappa shape index (κ3) is 1.93. The van der Waals surface area contributed by atoms with Crippen molar-refractivity contribution in [2.45, 2.75) is 38.1 Å². The van der Waals surface area contributed by atoms with Crippen LogP contribution in [0.2, 0.25) is 0 Å². The van der Waals surface area contributed by atoms with Gasteiger partial charge < -0.3 is 10.5 Å². The van der Waals surface area contributed by atoms with Crippen LogP contribution in [0.1, 0.15) is 32.6 Å². The average Bonchev–Trinajstić information content (AvgIpc) is 2.74. The molecule has 2 rings (SSSR count). The summed E-state index contributed by atoms with van der Waals surface area (Å²) >= 11 is 0. The summed E-state index contributed by atoms with van der Waals surface area (Å²) in [6.07, 6.45) is 5.29. The van der Waals surface area contributed by atoms with E-state index in [0.29, 0.717) is 5.54 Å². The van der Waals surface area contributed by atoms with E-state index in [9.17, 15) is 0 Å². The Morgan fingerprint density at radius 2 is 2.13 bits per heavy atom. The Labute approximate surface area is 93.0 Å². The van der Waals surface area contributed by atoms with E-state index in [1.165, 1.54) is 25.7 Å². The first-order valence-corrected chi connectivity index (χ1v) is 6.36. The van der Waals surface area contributed by atoms with Gasteiger partial charge in [-0.15, -0.1) is 0 Å². The Bertz CT molecular complexity index is 204. The first-order chi connectivity index (χ1) is 7.33. The monoisotopic (exact) mass is 212 g/mol. The smallest absolute Gasteiger partial charge is 0.0594 e. The number of nitrogens with zero attached hydrogens (tertiary/aromatic N) is 1. The molecule has 88 valence electrons. The number of hydrogen-bond donors (Lipinski definition) is 1. The summed E-state index contributed by atoms with van der Waals surface area (Å²) in [7, 11) is 0. The molecule has 0 aromatic rings. The van der Waals surface area contributed by atoms with E-state index in [-0.39, 0.29) is 0 Å². The first-order valence-electron chi connectivity index (χ1n) is 6.36. The van der Waals surface area contributed by atoms with Crippen LogP contribution in [0.3, 0.4) is 0 Å². The van der Waals surface area contributed by atoms with Crippen molar-refractivity contribution in [2.75, 3.05) is 32.8 Å². The molecule has 2 aliphatic rings. The molecule has 0 aromatic carbocycles. The molecular formula is C12H24N2O. The molecule has 1 aliphatic heterocycles. The lowest BCUT2D eigenvalue weighted by atomic mass is 9.83. The fraction of sp³-hybridized carbons (Fsp3) is 1.00. The second-order valence-corrected chi connectivity index (χ2v) is 4.90. The van der Waals surface area contributed by atoms with E-state index in [0.717, 1.165) is 38.8 Å². The maximum Gasteiger partial charge on any atom is 0.0594 e. The van der Waals surface area contributed by atoms with Gasteiger partial charge in [0, 0.05) is 25.2 Å². The zero-order valence-electron chi connectivity index (χ0n) is 9.87. The lowest BCUT2D eigenvalue weighted by Crippen LogP contribution is -2.59. The van der Waals surface area contributed by atoms with Crippen LogP contribution in [0.5, 0.6) is 0 Å². The van der Waals surface area contributed by atoms with Crippen LogP contribution in [0, 0.1) is 5.92 Å². The number of nitrogens with two attached hydrogens (primary N) is 1. The molecule has 1 heterocycles. The summed E-state index contributed by atoms with van der Waals surface area (Å²) in [6.45, 7) is 7.06. The fourth-order valence-electron chi connectivity index (χ4n) is 3.53. The molecular weight excluding hydrogens is 188 g/mol. The summed E-state index contributed by atoms with van der Waals surface area (Å²) < 4.78 is 5.44. The van der Waals surface area contributed by atoms with Crippen molar-refractivity contribution in [1.82, 2.24) is 4.90 Å². The fourth-order valence-corrected chi connectivity index (χ4v) is 3.53. The minimum atomic E-state index is 0.304. The second-order valence-electron chi connectivity index (χ2n) is 4.90. The molecule has 3 nitrogen and oxygen atoms in total. The van der Waals surface area contributed by atoms with Gasteiger partial charge in [-0.1, -0.05) is 19.8 Å². The third-order valence-electron chi connectivity index (χ3n) is 4.41. The van der Waals surface area contributed by atoms with Crippen molar-refractivity contribution in [3.63, 3.8) is 0 Å². The highest BCUT2D eigenvalue weighted by molar-refractivity contribution is 5.01. The normalized spacial score (nSPS) is 38.4. The minimum Gasteiger partial charge on any atom is -0.379 e. The molecule has 2 N–H and O–H groups in total. The highest BCUT2D eigenvalue weighted by Gasteiger charge is 2.45. The van der Waals surface area contributed by atoms with Gasteiger partial charge in [-0.05, 0) is 18.8 Å². The molecule has 2 fully saturated rings. The van der Waals surface area contributed by atoms with E-state index in [2.05, 4.69) is 11.8 Å². The topological polar surface area (TPSA) is 38.5 Å². The molecule has 1 aliphatic carbocycles. The van der Waals surface area contributed by atoms with Crippen LogP contribution in [0.4, 0.5) is 0 Å². The van der Waals surface area contributed by atoms with Gasteiger partial charge in [0.15, 0.2) is 0 Å². The zero-order chi connectivity index (χ0) is 10.7. The number of rotatable bonds is 3. The highest BCUT2D eigenvalue weighted by atomic mass is 16.5. The first kappa shape index (κ1) is 11.4. The van der Waals surface area contributed by atoms with Crippen LogP contribution in [-0.2, 0) is 4.74 Å². The minimum absolute atomic E-state index is 0.304. The molecule has 15 heavy (non-hydrogen) atoms. The van der Waals surface area contributed by atoms with Crippen molar-refractivity contribution in [3.05, 3.63) is 0 Å². The molecule has 1 saturated heterocycles. The number of ether oxygens (including phenoxy) is 1. The summed E-state index contributed by atoms with van der Waals surface area (Å²) in [5.74, 6) is 0.806. The van der Waals surface area contributed by atoms with Crippen molar-refractivity contribution in [3.8, 4) is 0 Å². The molecule has 0 bridgehead atoms. The van der Waals surface area contributed by atoms with Gasteiger partial charge in [0.2, 0.25) is 0 Å². The van der Waals surface area contributed by atoms with Crippen molar-refractivity contribution >= 4 is 0 Å². The molecule has 2 unspecified atom stereocenters. The maximum absolute atomic E-state index is 6.08. The SMILES string of the molecule is CCC1CCCC1(CN)N1CCOCC1. The van der Waals surface area contributed by atoms with Gasteiger partial charge in [-0.2, -0.15) is 0 Å². The van der Waals surface area contributed by atoms with Gasteiger partial charge >= 0.3 is 0 Å². The third-order valence-corrected chi connectivity index (χ3v) is 4.41. The van der Waals surface area contributed by atoms with Gasteiger partial charge in [0.25, 0.3) is 0 Å². The van der Waals surface area contributed by atoms with Crippen LogP contribution < -0.4 is 5.73 Å². The van der Waals surface area contributed by atoms with Crippen molar-refractivity contribution in [2.24, 2.45) is 11.7 Å².